The van der Waals surface area contributed by atoms with Crippen molar-refractivity contribution in [1.29, 1.82) is 0 Å². The van der Waals surface area contributed by atoms with E-state index in [1.807, 2.05) is 38.1 Å². The number of aromatic nitrogens is 4. The van der Waals surface area contributed by atoms with Crippen LogP contribution in [-0.4, -0.2) is 19.7 Å². The molecule has 2 aromatic heterocycles. The van der Waals surface area contributed by atoms with Crippen LogP contribution in [0.5, 0.6) is 0 Å². The minimum absolute atomic E-state index is 0.220. The number of hydrogen-bond donors (Lipinski definition) is 0. The van der Waals surface area contributed by atoms with E-state index in [0.29, 0.717) is 27.7 Å². The van der Waals surface area contributed by atoms with Gasteiger partial charge in [0.2, 0.25) is 0 Å². The van der Waals surface area contributed by atoms with Crippen LogP contribution in [0.3, 0.4) is 0 Å². The third-order valence-corrected chi connectivity index (χ3v) is 4.93. The van der Waals surface area contributed by atoms with Crippen LogP contribution in [0, 0.1) is 19.7 Å². The van der Waals surface area contributed by atoms with Gasteiger partial charge in [0.1, 0.15) is 5.82 Å². The fourth-order valence-corrected chi connectivity index (χ4v) is 3.35. The Kier molecular flexibility index (Phi) is 7.49. The molecule has 0 saturated heterocycles. The summed E-state index contributed by atoms with van der Waals surface area (Å²) < 4.78 is 15.4. The molecule has 0 atom stereocenters. The van der Waals surface area contributed by atoms with E-state index in [9.17, 15) is 9.18 Å². The molecule has 32 heavy (non-hydrogen) atoms. The first-order chi connectivity index (χ1) is 15.4. The van der Waals surface area contributed by atoms with Gasteiger partial charge in [-0.2, -0.15) is 5.10 Å². The van der Waals surface area contributed by atoms with Crippen molar-refractivity contribution in [2.75, 3.05) is 0 Å². The van der Waals surface area contributed by atoms with Gasteiger partial charge in [-0.25, -0.2) is 19.0 Å². The quantitative estimate of drug-likeness (QED) is 0.391. The SMILES string of the molecule is CC.Cc1cc(-c2ccc(=O)n(Cc3cccc(-c4ncc(Cl)cn4)c3)n2)cc(C)c1F. The van der Waals surface area contributed by atoms with Crippen LogP contribution >= 0.6 is 11.6 Å². The molecule has 2 aromatic carbocycles. The zero-order valence-electron chi connectivity index (χ0n) is 18.4. The lowest BCUT2D eigenvalue weighted by atomic mass is 10.0. The predicted octanol–water partition coefficient (Wildman–Crippen LogP) is 5.85. The first kappa shape index (κ1) is 23.3. The van der Waals surface area contributed by atoms with E-state index in [4.69, 9.17) is 11.6 Å². The number of benzene rings is 2. The number of aryl methyl sites for hydroxylation is 2. The smallest absolute Gasteiger partial charge is 0.267 e. The van der Waals surface area contributed by atoms with Crippen molar-refractivity contribution in [2.45, 2.75) is 34.2 Å². The van der Waals surface area contributed by atoms with Crippen LogP contribution in [0.2, 0.25) is 5.02 Å². The van der Waals surface area contributed by atoms with Crippen molar-refractivity contribution in [2.24, 2.45) is 0 Å². The molecular weight excluding hydrogens is 427 g/mol. The monoisotopic (exact) mass is 450 g/mol. The molecule has 0 unspecified atom stereocenters. The summed E-state index contributed by atoms with van der Waals surface area (Å²) in [4.78, 5) is 20.9. The fourth-order valence-electron chi connectivity index (χ4n) is 3.25. The first-order valence-electron chi connectivity index (χ1n) is 10.3. The number of nitrogens with zero attached hydrogens (tertiary/aromatic N) is 4. The highest BCUT2D eigenvalue weighted by Gasteiger charge is 2.10. The van der Waals surface area contributed by atoms with Gasteiger partial charge >= 0.3 is 0 Å². The van der Waals surface area contributed by atoms with Crippen LogP contribution in [0.1, 0.15) is 30.5 Å². The maximum Gasteiger partial charge on any atom is 0.267 e. The molecular formula is C25H24ClFN4O. The Morgan fingerprint density at radius 1 is 0.938 bits per heavy atom. The van der Waals surface area contributed by atoms with Crippen molar-refractivity contribution in [3.63, 3.8) is 0 Å². The van der Waals surface area contributed by atoms with Gasteiger partial charge in [0, 0.05) is 29.6 Å². The van der Waals surface area contributed by atoms with Crippen molar-refractivity contribution in [3.8, 4) is 22.6 Å². The fraction of sp³-hybridized carbons (Fsp3) is 0.200. The molecule has 0 aliphatic rings. The summed E-state index contributed by atoms with van der Waals surface area (Å²) >= 11 is 5.86. The highest BCUT2D eigenvalue weighted by atomic mass is 35.5. The van der Waals surface area contributed by atoms with E-state index in [2.05, 4.69) is 15.1 Å². The van der Waals surface area contributed by atoms with Crippen LogP contribution in [0.4, 0.5) is 4.39 Å². The summed E-state index contributed by atoms with van der Waals surface area (Å²) in [6.07, 6.45) is 3.08. The van der Waals surface area contributed by atoms with Gasteiger partial charge in [0.25, 0.3) is 5.56 Å². The molecule has 0 amide bonds. The van der Waals surface area contributed by atoms with Gasteiger partial charge in [-0.15, -0.1) is 0 Å². The Balaban J connectivity index is 0.00000141. The van der Waals surface area contributed by atoms with Gasteiger partial charge < -0.3 is 0 Å². The molecule has 0 aliphatic carbocycles. The molecule has 0 aliphatic heterocycles. The lowest BCUT2D eigenvalue weighted by Crippen LogP contribution is -2.22. The Morgan fingerprint density at radius 2 is 1.59 bits per heavy atom. The Morgan fingerprint density at radius 3 is 2.25 bits per heavy atom. The summed E-state index contributed by atoms with van der Waals surface area (Å²) in [5, 5.41) is 4.96. The lowest BCUT2D eigenvalue weighted by Gasteiger charge is -2.10. The number of halogens is 2. The van der Waals surface area contributed by atoms with Gasteiger partial charge in [-0.3, -0.25) is 4.79 Å². The van der Waals surface area contributed by atoms with Gasteiger partial charge in [0.15, 0.2) is 5.82 Å². The van der Waals surface area contributed by atoms with E-state index >= 15 is 0 Å². The summed E-state index contributed by atoms with van der Waals surface area (Å²) in [6.45, 7) is 7.71. The summed E-state index contributed by atoms with van der Waals surface area (Å²) in [6, 6.07) is 14.2. The van der Waals surface area contributed by atoms with Crippen LogP contribution < -0.4 is 5.56 Å². The van der Waals surface area contributed by atoms with Crippen LogP contribution in [0.25, 0.3) is 22.6 Å². The highest BCUT2D eigenvalue weighted by molar-refractivity contribution is 6.30. The standard InChI is InChI=1S/C23H18ClFN4O.C2H6/c1-14-8-18(9-15(2)22(14)25)20-6-7-21(30)29(28-20)13-16-4-3-5-17(10-16)23-26-11-19(24)12-27-23;1-2/h3-12H,13H2,1-2H3;1-2H3. The second kappa shape index (κ2) is 10.3. The average molecular weight is 451 g/mol. The molecule has 4 rings (SSSR count). The number of hydrogen-bond acceptors (Lipinski definition) is 4. The molecule has 0 bridgehead atoms. The maximum atomic E-state index is 14.0. The van der Waals surface area contributed by atoms with Crippen LogP contribution in [0.15, 0.2) is 65.7 Å². The molecule has 0 spiro atoms. The van der Waals surface area contributed by atoms with E-state index in [-0.39, 0.29) is 17.9 Å². The third-order valence-electron chi connectivity index (χ3n) is 4.74. The molecule has 5 nitrogen and oxygen atoms in total. The van der Waals surface area contributed by atoms with Gasteiger partial charge in [-0.1, -0.05) is 43.6 Å². The molecule has 7 heteroatoms. The Labute approximate surface area is 191 Å². The topological polar surface area (TPSA) is 60.7 Å². The Hall–Kier alpha value is -3.38. The molecule has 0 saturated carbocycles. The first-order valence-corrected chi connectivity index (χ1v) is 10.7. The predicted molar refractivity (Wildman–Crippen MR) is 126 cm³/mol. The average Bonchev–Trinajstić information content (AvgIpc) is 2.80. The van der Waals surface area contributed by atoms with Crippen molar-refractivity contribution >= 4 is 11.6 Å². The number of rotatable bonds is 4. The van der Waals surface area contributed by atoms with Crippen molar-refractivity contribution in [3.05, 3.63) is 98.8 Å². The molecule has 0 radical (unpaired) electrons. The van der Waals surface area contributed by atoms with Crippen LogP contribution in [-0.2, 0) is 6.54 Å². The highest BCUT2D eigenvalue weighted by Crippen LogP contribution is 2.23. The molecule has 0 N–H and O–H groups in total. The van der Waals surface area contributed by atoms with Gasteiger partial charge in [0.05, 0.1) is 17.3 Å². The normalized spacial score (nSPS) is 10.4. The summed E-state index contributed by atoms with van der Waals surface area (Å²) in [5.74, 6) is 0.320. The zero-order valence-corrected chi connectivity index (χ0v) is 19.2. The molecule has 0 fully saturated rings. The lowest BCUT2D eigenvalue weighted by molar-refractivity contribution is 0.609. The molecule has 164 valence electrons. The van der Waals surface area contributed by atoms with E-state index in [1.54, 1.807) is 44.4 Å². The molecule has 2 heterocycles. The molecule has 4 aromatic rings. The minimum Gasteiger partial charge on any atom is -0.268 e. The van der Waals surface area contributed by atoms with Crippen molar-refractivity contribution in [1.82, 2.24) is 19.7 Å². The van der Waals surface area contributed by atoms with E-state index in [0.717, 1.165) is 16.7 Å². The second-order valence-electron chi connectivity index (χ2n) is 7.06. The van der Waals surface area contributed by atoms with Gasteiger partial charge in [-0.05, 0) is 54.8 Å². The minimum atomic E-state index is -0.228. The summed E-state index contributed by atoms with van der Waals surface area (Å²) in [5.41, 5.74) is 3.94. The van der Waals surface area contributed by atoms with Crippen molar-refractivity contribution < 1.29 is 4.39 Å². The second-order valence-corrected chi connectivity index (χ2v) is 7.50. The largest absolute Gasteiger partial charge is 0.268 e. The third kappa shape index (κ3) is 5.26. The zero-order chi connectivity index (χ0) is 23.3. The van der Waals surface area contributed by atoms with E-state index in [1.165, 1.54) is 10.7 Å². The maximum absolute atomic E-state index is 14.0. The summed E-state index contributed by atoms with van der Waals surface area (Å²) in [7, 11) is 0. The Bertz CT molecular complexity index is 1260. The van der Waals surface area contributed by atoms with E-state index < -0.39 is 0 Å².